The van der Waals surface area contributed by atoms with E-state index in [0.29, 0.717) is 6.54 Å². The molecule has 1 aromatic carbocycles. The molecule has 0 saturated heterocycles. The number of nitrogens with zero attached hydrogens (tertiary/aromatic N) is 2. The summed E-state index contributed by atoms with van der Waals surface area (Å²) >= 11 is 0. The third-order valence-corrected chi connectivity index (χ3v) is 3.70. The molecular formula is C17H19N3. The van der Waals surface area contributed by atoms with Gasteiger partial charge in [0.1, 0.15) is 0 Å². The third kappa shape index (κ3) is 2.32. The van der Waals surface area contributed by atoms with Crippen LogP contribution in [0.15, 0.2) is 48.8 Å². The van der Waals surface area contributed by atoms with E-state index in [2.05, 4.69) is 59.1 Å². The van der Waals surface area contributed by atoms with E-state index in [9.17, 15) is 0 Å². The van der Waals surface area contributed by atoms with Gasteiger partial charge in [0.2, 0.25) is 0 Å². The Hall–Kier alpha value is -2.13. The molecule has 3 aromatic rings. The monoisotopic (exact) mass is 265 g/mol. The van der Waals surface area contributed by atoms with Gasteiger partial charge in [0.25, 0.3) is 0 Å². The third-order valence-electron chi connectivity index (χ3n) is 3.70. The summed E-state index contributed by atoms with van der Waals surface area (Å²) in [6, 6.07) is 12.8. The van der Waals surface area contributed by atoms with Crippen LogP contribution in [-0.4, -0.2) is 9.55 Å². The molecule has 0 radical (unpaired) electrons. The summed E-state index contributed by atoms with van der Waals surface area (Å²) in [4.78, 5) is 4.25. The van der Waals surface area contributed by atoms with Gasteiger partial charge >= 0.3 is 0 Å². The minimum absolute atomic E-state index is 0.487. The van der Waals surface area contributed by atoms with E-state index in [-0.39, 0.29) is 0 Å². The summed E-state index contributed by atoms with van der Waals surface area (Å²) in [5, 5.41) is 1.30. The number of hydrogen-bond donors (Lipinski definition) is 1. The van der Waals surface area contributed by atoms with Crippen molar-refractivity contribution in [3.05, 3.63) is 65.6 Å². The van der Waals surface area contributed by atoms with Crippen molar-refractivity contribution < 1.29 is 0 Å². The van der Waals surface area contributed by atoms with E-state index in [1.165, 1.54) is 22.0 Å². The molecule has 2 heterocycles. The van der Waals surface area contributed by atoms with Crippen molar-refractivity contribution in [1.82, 2.24) is 9.55 Å². The molecule has 0 saturated carbocycles. The molecule has 0 aliphatic rings. The van der Waals surface area contributed by atoms with Gasteiger partial charge in [-0.25, -0.2) is 0 Å². The van der Waals surface area contributed by atoms with E-state index < -0.39 is 0 Å². The van der Waals surface area contributed by atoms with Crippen LogP contribution in [-0.2, 0) is 19.5 Å². The molecule has 0 amide bonds. The second-order valence-electron chi connectivity index (χ2n) is 5.01. The zero-order chi connectivity index (χ0) is 13.9. The lowest BCUT2D eigenvalue weighted by Crippen LogP contribution is -2.03. The molecule has 0 atom stereocenters. The second-order valence-corrected chi connectivity index (χ2v) is 5.01. The van der Waals surface area contributed by atoms with Crippen LogP contribution in [0.5, 0.6) is 0 Å². The standard InChI is InChI=1S/C17H19N3/c1-2-14-4-3-5-15-7-9-20(17(14)15)12-13-6-8-19-16(10-13)11-18/h3-10H,2,11-12,18H2,1H3. The number of rotatable bonds is 4. The Morgan fingerprint density at radius 3 is 2.90 bits per heavy atom. The fourth-order valence-corrected chi connectivity index (χ4v) is 2.69. The zero-order valence-electron chi connectivity index (χ0n) is 11.7. The summed E-state index contributed by atoms with van der Waals surface area (Å²) in [6.45, 7) is 3.54. The van der Waals surface area contributed by atoms with Crippen LogP contribution in [0.3, 0.4) is 0 Å². The zero-order valence-corrected chi connectivity index (χ0v) is 11.7. The van der Waals surface area contributed by atoms with Crippen LogP contribution in [0.2, 0.25) is 0 Å². The van der Waals surface area contributed by atoms with E-state index in [1.807, 2.05) is 6.20 Å². The number of aryl methyl sites for hydroxylation is 1. The maximum absolute atomic E-state index is 5.66. The predicted octanol–water partition coefficient (Wildman–Crippen LogP) is 3.11. The molecule has 0 aliphatic heterocycles. The molecule has 0 unspecified atom stereocenters. The predicted molar refractivity (Wildman–Crippen MR) is 82.5 cm³/mol. The molecular weight excluding hydrogens is 246 g/mol. The van der Waals surface area contributed by atoms with Gasteiger partial charge in [0.05, 0.1) is 11.2 Å². The Bertz CT molecular complexity index is 728. The van der Waals surface area contributed by atoms with E-state index >= 15 is 0 Å². The highest BCUT2D eigenvalue weighted by Crippen LogP contribution is 2.22. The Morgan fingerprint density at radius 1 is 1.20 bits per heavy atom. The van der Waals surface area contributed by atoms with Crippen LogP contribution < -0.4 is 5.73 Å². The lowest BCUT2D eigenvalue weighted by atomic mass is 10.1. The molecule has 3 rings (SSSR count). The Balaban J connectivity index is 2.02. The molecule has 0 aliphatic carbocycles. The normalized spacial score (nSPS) is 11.1. The maximum Gasteiger partial charge on any atom is 0.0542 e. The summed E-state index contributed by atoms with van der Waals surface area (Å²) in [5.74, 6) is 0. The molecule has 0 spiro atoms. The van der Waals surface area contributed by atoms with Crippen LogP contribution in [0, 0.1) is 0 Å². The van der Waals surface area contributed by atoms with Crippen molar-refractivity contribution in [2.75, 3.05) is 0 Å². The van der Waals surface area contributed by atoms with Crippen molar-refractivity contribution in [2.45, 2.75) is 26.4 Å². The molecule has 0 fully saturated rings. The number of nitrogens with two attached hydrogens (primary N) is 1. The Kier molecular flexibility index (Phi) is 3.52. The quantitative estimate of drug-likeness (QED) is 0.787. The highest BCUT2D eigenvalue weighted by atomic mass is 15.0. The maximum atomic E-state index is 5.66. The van der Waals surface area contributed by atoms with Crippen LogP contribution in [0.1, 0.15) is 23.7 Å². The van der Waals surface area contributed by atoms with Gasteiger partial charge in [-0.15, -0.1) is 0 Å². The van der Waals surface area contributed by atoms with Gasteiger partial charge < -0.3 is 10.3 Å². The average Bonchev–Trinajstić information content (AvgIpc) is 2.90. The van der Waals surface area contributed by atoms with Crippen molar-refractivity contribution in [1.29, 1.82) is 0 Å². The Labute approximate surface area is 119 Å². The van der Waals surface area contributed by atoms with Crippen LogP contribution in [0.4, 0.5) is 0 Å². The molecule has 20 heavy (non-hydrogen) atoms. The minimum Gasteiger partial charge on any atom is -0.343 e. The SMILES string of the molecule is CCc1cccc2ccn(Cc3ccnc(CN)c3)c12. The molecule has 0 bridgehead atoms. The van der Waals surface area contributed by atoms with Gasteiger partial charge in [0, 0.05) is 25.5 Å². The smallest absolute Gasteiger partial charge is 0.0542 e. The summed E-state index contributed by atoms with van der Waals surface area (Å²) in [5.41, 5.74) is 10.6. The summed E-state index contributed by atoms with van der Waals surface area (Å²) in [6.07, 6.45) is 5.04. The number of aromatic nitrogens is 2. The minimum atomic E-state index is 0.487. The van der Waals surface area contributed by atoms with Gasteiger partial charge in [-0.05, 0) is 41.1 Å². The Morgan fingerprint density at radius 2 is 2.10 bits per heavy atom. The van der Waals surface area contributed by atoms with Gasteiger partial charge in [0.15, 0.2) is 0 Å². The molecule has 2 aromatic heterocycles. The van der Waals surface area contributed by atoms with Crippen molar-refractivity contribution in [2.24, 2.45) is 5.73 Å². The van der Waals surface area contributed by atoms with E-state index in [4.69, 9.17) is 5.73 Å². The highest BCUT2D eigenvalue weighted by molar-refractivity contribution is 5.83. The van der Waals surface area contributed by atoms with Crippen molar-refractivity contribution in [3.8, 4) is 0 Å². The fraction of sp³-hybridized carbons (Fsp3) is 0.235. The average molecular weight is 265 g/mol. The summed E-state index contributed by atoms with van der Waals surface area (Å²) < 4.78 is 2.31. The first-order valence-corrected chi connectivity index (χ1v) is 7.02. The highest BCUT2D eigenvalue weighted by Gasteiger charge is 2.06. The number of benzene rings is 1. The topological polar surface area (TPSA) is 43.8 Å². The largest absolute Gasteiger partial charge is 0.343 e. The molecule has 3 heteroatoms. The van der Waals surface area contributed by atoms with Crippen LogP contribution in [0.25, 0.3) is 10.9 Å². The first-order chi connectivity index (χ1) is 9.81. The van der Waals surface area contributed by atoms with Gasteiger partial charge in [-0.2, -0.15) is 0 Å². The molecule has 2 N–H and O–H groups in total. The molecule has 102 valence electrons. The first-order valence-electron chi connectivity index (χ1n) is 7.02. The number of fused-ring (bicyclic) bond motifs is 1. The van der Waals surface area contributed by atoms with E-state index in [0.717, 1.165) is 18.7 Å². The van der Waals surface area contributed by atoms with E-state index in [1.54, 1.807) is 0 Å². The number of pyridine rings is 1. The van der Waals surface area contributed by atoms with Crippen LogP contribution >= 0.6 is 0 Å². The fourth-order valence-electron chi connectivity index (χ4n) is 2.69. The van der Waals surface area contributed by atoms with Crippen molar-refractivity contribution >= 4 is 10.9 Å². The molecule has 3 nitrogen and oxygen atoms in total. The van der Waals surface area contributed by atoms with Gasteiger partial charge in [-0.3, -0.25) is 4.98 Å². The van der Waals surface area contributed by atoms with Gasteiger partial charge in [-0.1, -0.05) is 25.1 Å². The lowest BCUT2D eigenvalue weighted by molar-refractivity contribution is 0.823. The summed E-state index contributed by atoms with van der Waals surface area (Å²) in [7, 11) is 0. The second kappa shape index (κ2) is 5.47. The number of para-hydroxylation sites is 1. The number of hydrogen-bond acceptors (Lipinski definition) is 2. The lowest BCUT2D eigenvalue weighted by Gasteiger charge is -2.09. The van der Waals surface area contributed by atoms with Crippen molar-refractivity contribution in [3.63, 3.8) is 0 Å². The first kappa shape index (κ1) is 12.9.